The Morgan fingerprint density at radius 2 is 1.85 bits per heavy atom. The Kier molecular flexibility index (Phi) is 4.45. The third kappa shape index (κ3) is 3.63. The van der Waals surface area contributed by atoms with E-state index in [1.54, 1.807) is 0 Å². The number of benzene rings is 1. The minimum absolute atomic E-state index is 0.658. The van der Waals surface area contributed by atoms with E-state index in [1.165, 1.54) is 63.6 Å². The first-order valence-corrected chi connectivity index (χ1v) is 8.50. The van der Waals surface area contributed by atoms with Gasteiger partial charge in [-0.15, -0.1) is 0 Å². The lowest BCUT2D eigenvalue weighted by molar-refractivity contribution is 0.163. The van der Waals surface area contributed by atoms with Crippen LogP contribution >= 0.6 is 0 Å². The molecule has 0 aromatic heterocycles. The summed E-state index contributed by atoms with van der Waals surface area (Å²) in [4.78, 5) is 2.66. The van der Waals surface area contributed by atoms with Crippen LogP contribution in [0.3, 0.4) is 0 Å². The molecule has 1 heteroatoms. The van der Waals surface area contributed by atoms with E-state index in [4.69, 9.17) is 0 Å². The Morgan fingerprint density at radius 1 is 1.10 bits per heavy atom. The summed E-state index contributed by atoms with van der Waals surface area (Å²) < 4.78 is 0. The number of rotatable bonds is 4. The molecule has 0 bridgehead atoms. The summed E-state index contributed by atoms with van der Waals surface area (Å²) in [6, 6.07) is 10.9. The Hall–Kier alpha value is -0.820. The maximum Gasteiger partial charge on any atom is 0.0233 e. The molecule has 1 heterocycles. The Labute approximate surface area is 124 Å². The quantitative estimate of drug-likeness (QED) is 0.755. The van der Waals surface area contributed by atoms with Gasteiger partial charge in [-0.1, -0.05) is 56.5 Å². The molecule has 1 saturated carbocycles. The van der Waals surface area contributed by atoms with E-state index >= 15 is 0 Å². The van der Waals surface area contributed by atoms with Crippen LogP contribution in [0.2, 0.25) is 0 Å². The van der Waals surface area contributed by atoms with Crippen LogP contribution in [0, 0.1) is 11.3 Å². The second-order valence-electron chi connectivity index (χ2n) is 7.45. The summed E-state index contributed by atoms with van der Waals surface area (Å²) in [5.41, 5.74) is 2.13. The highest BCUT2D eigenvalue weighted by Gasteiger charge is 2.32. The van der Waals surface area contributed by atoms with Gasteiger partial charge in [-0.3, -0.25) is 4.90 Å². The van der Waals surface area contributed by atoms with E-state index in [2.05, 4.69) is 42.2 Å². The number of nitrogens with zero attached hydrogens (tertiary/aromatic N) is 1. The Bertz CT molecular complexity index is 405. The fourth-order valence-electron chi connectivity index (χ4n) is 4.37. The molecular formula is C19H29N. The highest BCUT2D eigenvalue weighted by atomic mass is 15.1. The minimum Gasteiger partial charge on any atom is -0.299 e. The van der Waals surface area contributed by atoms with Crippen LogP contribution in [0.1, 0.15) is 57.4 Å². The maximum atomic E-state index is 2.66. The summed E-state index contributed by atoms with van der Waals surface area (Å²) in [6.45, 7) is 6.32. The smallest absolute Gasteiger partial charge is 0.0233 e. The summed E-state index contributed by atoms with van der Waals surface area (Å²) >= 11 is 0. The molecule has 1 aliphatic carbocycles. The van der Waals surface area contributed by atoms with Gasteiger partial charge in [0.05, 0.1) is 0 Å². The van der Waals surface area contributed by atoms with Gasteiger partial charge in [0, 0.05) is 13.1 Å². The van der Waals surface area contributed by atoms with Crippen LogP contribution in [-0.4, -0.2) is 18.0 Å². The van der Waals surface area contributed by atoms with Gasteiger partial charge in [-0.2, -0.15) is 0 Å². The minimum atomic E-state index is 0.658. The topological polar surface area (TPSA) is 3.24 Å². The van der Waals surface area contributed by atoms with E-state index in [-0.39, 0.29) is 0 Å². The maximum absolute atomic E-state index is 2.66. The van der Waals surface area contributed by atoms with Crippen molar-refractivity contribution in [1.29, 1.82) is 0 Å². The zero-order valence-corrected chi connectivity index (χ0v) is 13.0. The van der Waals surface area contributed by atoms with E-state index < -0.39 is 0 Å². The molecule has 0 amide bonds. The van der Waals surface area contributed by atoms with Crippen LogP contribution in [0.5, 0.6) is 0 Å². The molecule has 0 spiro atoms. The highest BCUT2D eigenvalue weighted by molar-refractivity contribution is 5.14. The monoisotopic (exact) mass is 271 g/mol. The molecule has 1 saturated heterocycles. The van der Waals surface area contributed by atoms with Gasteiger partial charge in [0.1, 0.15) is 0 Å². The lowest BCUT2D eigenvalue weighted by atomic mass is 9.70. The van der Waals surface area contributed by atoms with E-state index in [9.17, 15) is 0 Å². The summed E-state index contributed by atoms with van der Waals surface area (Å²) in [5.74, 6) is 0.946. The van der Waals surface area contributed by atoms with Gasteiger partial charge >= 0.3 is 0 Å². The van der Waals surface area contributed by atoms with Crippen molar-refractivity contribution in [3.05, 3.63) is 35.9 Å². The lowest BCUT2D eigenvalue weighted by Crippen LogP contribution is -2.26. The molecule has 1 aliphatic heterocycles. The van der Waals surface area contributed by atoms with E-state index in [1.807, 2.05) is 0 Å². The molecule has 1 nitrogen and oxygen atoms in total. The molecule has 0 N–H and O–H groups in total. The van der Waals surface area contributed by atoms with Crippen molar-refractivity contribution in [2.75, 3.05) is 13.1 Å². The molecule has 1 unspecified atom stereocenters. The van der Waals surface area contributed by atoms with Crippen molar-refractivity contribution in [2.24, 2.45) is 11.3 Å². The summed E-state index contributed by atoms with van der Waals surface area (Å²) in [5, 5.41) is 0. The zero-order valence-electron chi connectivity index (χ0n) is 13.0. The van der Waals surface area contributed by atoms with E-state index in [0.29, 0.717) is 5.41 Å². The van der Waals surface area contributed by atoms with Crippen molar-refractivity contribution in [1.82, 2.24) is 4.90 Å². The first-order chi connectivity index (χ1) is 9.73. The SMILES string of the molecule is CC1(CC2CCN(Cc3ccccc3)C2)CCCCC1. The van der Waals surface area contributed by atoms with Crippen LogP contribution in [0.25, 0.3) is 0 Å². The number of hydrogen-bond acceptors (Lipinski definition) is 1. The Balaban J connectivity index is 1.49. The molecule has 0 radical (unpaired) electrons. The molecule has 110 valence electrons. The third-order valence-electron chi connectivity index (χ3n) is 5.46. The first kappa shape index (κ1) is 14.1. The average molecular weight is 271 g/mol. The fraction of sp³-hybridized carbons (Fsp3) is 0.684. The highest BCUT2D eigenvalue weighted by Crippen LogP contribution is 2.42. The van der Waals surface area contributed by atoms with Crippen molar-refractivity contribution in [3.8, 4) is 0 Å². The summed E-state index contributed by atoms with van der Waals surface area (Å²) in [7, 11) is 0. The van der Waals surface area contributed by atoms with Gasteiger partial charge < -0.3 is 0 Å². The molecule has 2 fully saturated rings. The molecular weight excluding hydrogens is 242 g/mol. The van der Waals surface area contributed by atoms with Crippen LogP contribution in [-0.2, 0) is 6.54 Å². The van der Waals surface area contributed by atoms with Crippen molar-refractivity contribution >= 4 is 0 Å². The van der Waals surface area contributed by atoms with Crippen LogP contribution < -0.4 is 0 Å². The third-order valence-corrected chi connectivity index (χ3v) is 5.46. The standard InChI is InChI=1S/C19H29N/c1-19(11-6-3-7-12-19)14-18-10-13-20(16-18)15-17-8-4-2-5-9-17/h2,4-5,8-9,18H,3,6-7,10-16H2,1H3. The molecule has 1 atom stereocenters. The van der Waals surface area contributed by atoms with Gasteiger partial charge in [0.25, 0.3) is 0 Å². The van der Waals surface area contributed by atoms with Crippen molar-refractivity contribution < 1.29 is 0 Å². The average Bonchev–Trinajstić information content (AvgIpc) is 2.87. The van der Waals surface area contributed by atoms with Crippen LogP contribution in [0.4, 0.5) is 0 Å². The van der Waals surface area contributed by atoms with Gasteiger partial charge in [0.15, 0.2) is 0 Å². The largest absolute Gasteiger partial charge is 0.299 e. The van der Waals surface area contributed by atoms with Gasteiger partial charge in [-0.25, -0.2) is 0 Å². The number of hydrogen-bond donors (Lipinski definition) is 0. The van der Waals surface area contributed by atoms with Crippen molar-refractivity contribution in [3.63, 3.8) is 0 Å². The lowest BCUT2D eigenvalue weighted by Gasteiger charge is -2.35. The van der Waals surface area contributed by atoms with E-state index in [0.717, 1.165) is 12.5 Å². The molecule has 3 rings (SSSR count). The second kappa shape index (κ2) is 6.30. The normalized spacial score (nSPS) is 26.8. The van der Waals surface area contributed by atoms with Gasteiger partial charge in [0.2, 0.25) is 0 Å². The van der Waals surface area contributed by atoms with Crippen LogP contribution in [0.15, 0.2) is 30.3 Å². The van der Waals surface area contributed by atoms with Gasteiger partial charge in [-0.05, 0) is 49.1 Å². The van der Waals surface area contributed by atoms with Crippen molar-refractivity contribution in [2.45, 2.75) is 58.4 Å². The number of likely N-dealkylation sites (tertiary alicyclic amines) is 1. The second-order valence-corrected chi connectivity index (χ2v) is 7.45. The fourth-order valence-corrected chi connectivity index (χ4v) is 4.37. The predicted octanol–water partition coefficient (Wildman–Crippen LogP) is 4.87. The first-order valence-electron chi connectivity index (χ1n) is 8.50. The predicted molar refractivity (Wildman–Crippen MR) is 85.6 cm³/mol. The zero-order chi connectivity index (χ0) is 13.8. The molecule has 20 heavy (non-hydrogen) atoms. The molecule has 1 aromatic rings. The Morgan fingerprint density at radius 3 is 2.60 bits per heavy atom. The molecule has 2 aliphatic rings. The molecule has 1 aromatic carbocycles. The summed E-state index contributed by atoms with van der Waals surface area (Å²) in [6.07, 6.45) is 10.2.